The summed E-state index contributed by atoms with van der Waals surface area (Å²) in [5.41, 5.74) is 1.47. The van der Waals surface area contributed by atoms with Crippen LogP contribution in [0.25, 0.3) is 0 Å². The van der Waals surface area contributed by atoms with Gasteiger partial charge in [-0.2, -0.15) is 0 Å². The van der Waals surface area contributed by atoms with Crippen molar-refractivity contribution in [3.63, 3.8) is 0 Å². The highest BCUT2D eigenvalue weighted by molar-refractivity contribution is 7.89. The SMILES string of the molecule is CNS(=O)(=O)c1ccc2c(c1)CCN2C(=O)[C@@H]1C[C@@H]1C(=O)O. The number of anilines is 1. The summed E-state index contributed by atoms with van der Waals surface area (Å²) in [6, 6.07) is 4.64. The lowest BCUT2D eigenvalue weighted by Gasteiger charge is -2.17. The van der Waals surface area contributed by atoms with Crippen LogP contribution in [0.3, 0.4) is 0 Å². The summed E-state index contributed by atoms with van der Waals surface area (Å²) in [6.45, 7) is 0.458. The summed E-state index contributed by atoms with van der Waals surface area (Å²) in [5.74, 6) is -2.16. The van der Waals surface area contributed by atoms with Crippen LogP contribution in [-0.4, -0.2) is 39.0 Å². The monoisotopic (exact) mass is 324 g/mol. The molecule has 118 valence electrons. The maximum Gasteiger partial charge on any atom is 0.307 e. The van der Waals surface area contributed by atoms with Gasteiger partial charge >= 0.3 is 5.97 Å². The molecule has 1 aliphatic carbocycles. The number of carbonyl (C=O) groups excluding carboxylic acids is 1. The van der Waals surface area contributed by atoms with Crippen molar-refractivity contribution in [2.24, 2.45) is 11.8 Å². The van der Waals surface area contributed by atoms with Gasteiger partial charge in [-0.15, -0.1) is 0 Å². The van der Waals surface area contributed by atoms with E-state index in [0.717, 1.165) is 5.56 Å². The second-order valence-electron chi connectivity index (χ2n) is 5.52. The number of amides is 1. The highest BCUT2D eigenvalue weighted by Crippen LogP contribution is 2.42. The molecule has 8 heteroatoms. The lowest BCUT2D eigenvalue weighted by molar-refractivity contribution is -0.140. The Bertz CT molecular complexity index is 758. The van der Waals surface area contributed by atoms with Gasteiger partial charge in [-0.1, -0.05) is 0 Å². The van der Waals surface area contributed by atoms with Crippen molar-refractivity contribution >= 4 is 27.6 Å². The Kier molecular flexibility index (Phi) is 3.45. The fourth-order valence-corrected chi connectivity index (χ4v) is 3.61. The molecule has 1 heterocycles. The van der Waals surface area contributed by atoms with Gasteiger partial charge in [0.15, 0.2) is 0 Å². The molecule has 0 bridgehead atoms. The van der Waals surface area contributed by atoms with E-state index in [1.807, 2.05) is 0 Å². The molecule has 2 aliphatic rings. The van der Waals surface area contributed by atoms with Gasteiger partial charge in [0.25, 0.3) is 0 Å². The Morgan fingerprint density at radius 3 is 2.64 bits per heavy atom. The number of carboxylic acid groups (broad SMARTS) is 1. The second kappa shape index (κ2) is 5.06. The molecule has 1 fully saturated rings. The first-order valence-corrected chi connectivity index (χ1v) is 8.44. The lowest BCUT2D eigenvalue weighted by Crippen LogP contribution is -2.31. The number of fused-ring (bicyclic) bond motifs is 1. The molecule has 0 radical (unpaired) electrons. The van der Waals surface area contributed by atoms with Gasteiger partial charge in [-0.3, -0.25) is 9.59 Å². The molecule has 1 amide bonds. The summed E-state index contributed by atoms with van der Waals surface area (Å²) in [7, 11) is -2.17. The first-order chi connectivity index (χ1) is 10.3. The number of sulfonamides is 1. The summed E-state index contributed by atoms with van der Waals surface area (Å²) >= 11 is 0. The molecule has 3 rings (SSSR count). The molecular weight excluding hydrogens is 308 g/mol. The minimum absolute atomic E-state index is 0.165. The fourth-order valence-electron chi connectivity index (χ4n) is 2.83. The molecule has 0 unspecified atom stereocenters. The number of aliphatic carboxylic acids is 1. The van der Waals surface area contributed by atoms with Gasteiger partial charge in [0.05, 0.1) is 16.7 Å². The number of nitrogens with zero attached hydrogens (tertiary/aromatic N) is 1. The summed E-state index contributed by atoms with van der Waals surface area (Å²) in [5, 5.41) is 8.92. The molecule has 1 aliphatic heterocycles. The summed E-state index contributed by atoms with van der Waals surface area (Å²) in [6.07, 6.45) is 0.949. The van der Waals surface area contributed by atoms with E-state index in [4.69, 9.17) is 5.11 Å². The van der Waals surface area contributed by atoms with Crippen LogP contribution in [0.1, 0.15) is 12.0 Å². The van der Waals surface area contributed by atoms with Crippen LogP contribution < -0.4 is 9.62 Å². The maximum atomic E-state index is 12.4. The van der Waals surface area contributed by atoms with E-state index in [9.17, 15) is 18.0 Å². The fraction of sp³-hybridized carbons (Fsp3) is 0.429. The number of carboxylic acids is 1. The van der Waals surface area contributed by atoms with Gasteiger partial charge in [0.2, 0.25) is 15.9 Å². The van der Waals surface area contributed by atoms with Crippen molar-refractivity contribution in [2.75, 3.05) is 18.5 Å². The Morgan fingerprint density at radius 2 is 2.05 bits per heavy atom. The average Bonchev–Trinajstić information content (AvgIpc) is 3.19. The van der Waals surface area contributed by atoms with Crippen molar-refractivity contribution in [3.8, 4) is 0 Å². The first kappa shape index (κ1) is 15.0. The molecule has 0 spiro atoms. The normalized spacial score (nSPS) is 23.2. The van der Waals surface area contributed by atoms with Gasteiger partial charge in [0, 0.05) is 12.2 Å². The van der Waals surface area contributed by atoms with Crippen molar-refractivity contribution in [3.05, 3.63) is 23.8 Å². The van der Waals surface area contributed by atoms with E-state index in [2.05, 4.69) is 4.72 Å². The molecular formula is C14H16N2O5S. The molecule has 1 aromatic rings. The van der Waals surface area contributed by atoms with Crippen LogP contribution in [0.2, 0.25) is 0 Å². The smallest absolute Gasteiger partial charge is 0.307 e. The van der Waals surface area contributed by atoms with E-state index in [0.29, 0.717) is 25.1 Å². The Hall–Kier alpha value is -1.93. The van der Waals surface area contributed by atoms with Crippen LogP contribution in [0, 0.1) is 11.8 Å². The Balaban J connectivity index is 1.84. The van der Waals surface area contributed by atoms with Gasteiger partial charge in [-0.25, -0.2) is 13.1 Å². The van der Waals surface area contributed by atoms with Crippen molar-refractivity contribution < 1.29 is 23.1 Å². The van der Waals surface area contributed by atoms with Crippen LogP contribution in [0.15, 0.2) is 23.1 Å². The van der Waals surface area contributed by atoms with Crippen LogP contribution in [0.4, 0.5) is 5.69 Å². The quantitative estimate of drug-likeness (QED) is 0.823. The zero-order valence-electron chi connectivity index (χ0n) is 11.9. The highest BCUT2D eigenvalue weighted by atomic mass is 32.2. The third kappa shape index (κ3) is 2.38. The number of nitrogens with one attached hydrogen (secondary N) is 1. The molecule has 7 nitrogen and oxygen atoms in total. The zero-order valence-corrected chi connectivity index (χ0v) is 12.8. The van der Waals surface area contributed by atoms with Crippen molar-refractivity contribution in [2.45, 2.75) is 17.7 Å². The number of hydrogen-bond donors (Lipinski definition) is 2. The first-order valence-electron chi connectivity index (χ1n) is 6.96. The van der Waals surface area contributed by atoms with Crippen LogP contribution >= 0.6 is 0 Å². The molecule has 1 aromatic carbocycles. The van der Waals surface area contributed by atoms with E-state index in [-0.39, 0.29) is 10.8 Å². The van der Waals surface area contributed by atoms with E-state index in [1.54, 1.807) is 17.0 Å². The largest absolute Gasteiger partial charge is 0.481 e. The summed E-state index contributed by atoms with van der Waals surface area (Å²) in [4.78, 5) is 25.0. The standard InChI is InChI=1S/C14H16N2O5S/c1-15-22(20,21)9-2-3-12-8(6-9)4-5-16(12)13(17)10-7-11(10)14(18)19/h2-3,6,10-11,15H,4-5,7H2,1H3,(H,18,19)/t10-,11+/m1/s1. The number of hydrogen-bond acceptors (Lipinski definition) is 4. The van der Waals surface area contributed by atoms with Crippen LogP contribution in [-0.2, 0) is 26.0 Å². The molecule has 0 aromatic heterocycles. The summed E-state index contributed by atoms with van der Waals surface area (Å²) < 4.78 is 25.8. The van der Waals surface area contributed by atoms with Crippen molar-refractivity contribution in [1.29, 1.82) is 0 Å². The molecule has 22 heavy (non-hydrogen) atoms. The Labute approximate surface area is 128 Å². The van der Waals surface area contributed by atoms with Gasteiger partial charge in [-0.05, 0) is 43.7 Å². The zero-order chi connectivity index (χ0) is 16.1. The molecule has 2 N–H and O–H groups in total. The third-order valence-electron chi connectivity index (χ3n) is 4.22. The highest BCUT2D eigenvalue weighted by Gasteiger charge is 2.50. The minimum Gasteiger partial charge on any atom is -0.481 e. The molecule has 0 saturated heterocycles. The minimum atomic E-state index is -3.51. The van der Waals surface area contributed by atoms with Gasteiger partial charge in [0.1, 0.15) is 0 Å². The van der Waals surface area contributed by atoms with Crippen LogP contribution in [0.5, 0.6) is 0 Å². The molecule has 1 saturated carbocycles. The maximum absolute atomic E-state index is 12.4. The Morgan fingerprint density at radius 1 is 1.32 bits per heavy atom. The van der Waals surface area contributed by atoms with E-state index in [1.165, 1.54) is 13.1 Å². The second-order valence-corrected chi connectivity index (χ2v) is 7.41. The number of benzene rings is 1. The topological polar surface area (TPSA) is 104 Å². The molecule has 2 atom stereocenters. The average molecular weight is 324 g/mol. The lowest BCUT2D eigenvalue weighted by atomic mass is 10.2. The van der Waals surface area contributed by atoms with Crippen molar-refractivity contribution in [1.82, 2.24) is 4.72 Å². The number of rotatable bonds is 4. The third-order valence-corrected chi connectivity index (χ3v) is 5.63. The van der Waals surface area contributed by atoms with E-state index >= 15 is 0 Å². The van der Waals surface area contributed by atoms with Gasteiger partial charge < -0.3 is 10.0 Å². The van der Waals surface area contributed by atoms with E-state index < -0.39 is 27.8 Å². The number of carbonyl (C=O) groups is 2. The predicted octanol–water partition coefficient (Wildman–Crippen LogP) is 0.204. The predicted molar refractivity (Wildman–Crippen MR) is 78.0 cm³/mol.